The molecule has 2 heteroatoms. The van der Waals surface area contributed by atoms with Crippen molar-refractivity contribution in [3.05, 3.63) is 205 Å². The largest absolute Gasteiger partial charge is 0.228 e. The summed E-state index contributed by atoms with van der Waals surface area (Å²) in [4.78, 5) is 10.4. The summed E-state index contributed by atoms with van der Waals surface area (Å²) in [7, 11) is 0. The monoisotopic (exact) mass is 702 g/mol. The quantitative estimate of drug-likeness (QED) is 0.172. The van der Waals surface area contributed by atoms with Crippen molar-refractivity contribution < 1.29 is 0 Å². The van der Waals surface area contributed by atoms with E-state index in [9.17, 15) is 0 Å². The van der Waals surface area contributed by atoms with Gasteiger partial charge in [0, 0.05) is 22.1 Å². The van der Waals surface area contributed by atoms with Gasteiger partial charge in [0.15, 0.2) is 5.82 Å². The molecule has 0 aliphatic heterocycles. The molecule has 0 N–H and O–H groups in total. The summed E-state index contributed by atoms with van der Waals surface area (Å²) in [5, 5.41) is 2.37. The fourth-order valence-electron chi connectivity index (χ4n) is 8.44. The summed E-state index contributed by atoms with van der Waals surface area (Å²) in [6.45, 7) is 4.69. The van der Waals surface area contributed by atoms with E-state index < -0.39 is 0 Å². The summed E-state index contributed by atoms with van der Waals surface area (Å²) in [6, 6.07) is 69.6. The molecule has 0 saturated heterocycles. The van der Waals surface area contributed by atoms with E-state index in [4.69, 9.17) is 9.97 Å². The Morgan fingerprint density at radius 1 is 0.309 bits per heavy atom. The minimum atomic E-state index is -0.0622. The molecule has 0 amide bonds. The van der Waals surface area contributed by atoms with Crippen molar-refractivity contribution in [2.45, 2.75) is 19.3 Å². The van der Waals surface area contributed by atoms with Crippen LogP contribution in [-0.4, -0.2) is 9.97 Å². The molecule has 9 aromatic rings. The van der Waals surface area contributed by atoms with Crippen molar-refractivity contribution in [3.63, 3.8) is 0 Å². The van der Waals surface area contributed by atoms with Gasteiger partial charge in [0.2, 0.25) is 0 Å². The highest BCUT2D eigenvalue weighted by Crippen LogP contribution is 2.50. The first-order valence-electron chi connectivity index (χ1n) is 19.0. The molecule has 0 fully saturated rings. The SMILES string of the molecule is CC1(C)c2ccccc2-c2ccc(-c3ccc(-c4cc(-c5ccc(-c6cccc(-c7ccccc7)c6)cc5)nc(-c5ccccc5)n4)c4ccccc34)cc21. The maximum absolute atomic E-state index is 5.23. The van der Waals surface area contributed by atoms with E-state index in [1.807, 2.05) is 18.2 Å². The minimum absolute atomic E-state index is 0.0622. The average molecular weight is 703 g/mol. The molecule has 0 spiro atoms. The van der Waals surface area contributed by atoms with Crippen LogP contribution in [0.15, 0.2) is 194 Å². The molecule has 1 aliphatic rings. The minimum Gasteiger partial charge on any atom is -0.228 e. The van der Waals surface area contributed by atoms with Crippen molar-refractivity contribution in [1.29, 1.82) is 0 Å². The van der Waals surface area contributed by atoms with Crippen LogP contribution in [0, 0.1) is 0 Å². The van der Waals surface area contributed by atoms with E-state index in [0.29, 0.717) is 5.82 Å². The standard InChI is InChI=1S/C53H38N2/c1-53(2)48-23-12-11-22-45(48)46-29-28-41(33-49(46)53)42-30-31-47(44-21-10-9-20-43(42)44)51-34-50(54-52(55-51)38-16-7-4-8-17-38)37-26-24-36(25-27-37)40-19-13-18-39(32-40)35-14-5-3-6-15-35/h3-34H,1-2H3. The molecule has 1 heterocycles. The summed E-state index contributed by atoms with van der Waals surface area (Å²) < 4.78 is 0. The van der Waals surface area contributed by atoms with E-state index in [0.717, 1.165) is 28.1 Å². The van der Waals surface area contributed by atoms with Gasteiger partial charge in [-0.05, 0) is 84.6 Å². The summed E-state index contributed by atoms with van der Waals surface area (Å²) in [5.74, 6) is 0.710. The lowest BCUT2D eigenvalue weighted by Gasteiger charge is -2.22. The van der Waals surface area contributed by atoms with Crippen LogP contribution in [0.4, 0.5) is 0 Å². The van der Waals surface area contributed by atoms with Crippen LogP contribution >= 0.6 is 0 Å². The number of rotatable bonds is 6. The lowest BCUT2D eigenvalue weighted by molar-refractivity contribution is 0.660. The molecule has 260 valence electrons. The molecule has 0 radical (unpaired) electrons. The maximum Gasteiger partial charge on any atom is 0.160 e. The van der Waals surface area contributed by atoms with Gasteiger partial charge in [-0.15, -0.1) is 0 Å². The van der Waals surface area contributed by atoms with Crippen LogP contribution in [0.3, 0.4) is 0 Å². The van der Waals surface area contributed by atoms with Crippen molar-refractivity contribution in [2.75, 3.05) is 0 Å². The molecule has 10 rings (SSSR count). The Hall–Kier alpha value is -6.90. The number of benzene rings is 8. The summed E-state index contributed by atoms with van der Waals surface area (Å²) >= 11 is 0. The Morgan fingerprint density at radius 2 is 0.818 bits per heavy atom. The van der Waals surface area contributed by atoms with Crippen LogP contribution in [-0.2, 0) is 5.41 Å². The maximum atomic E-state index is 5.23. The molecular formula is C53H38N2. The molecule has 0 bridgehead atoms. The first-order chi connectivity index (χ1) is 27.0. The van der Waals surface area contributed by atoms with Gasteiger partial charge < -0.3 is 0 Å². The number of hydrogen-bond donors (Lipinski definition) is 0. The molecule has 1 aliphatic carbocycles. The first-order valence-corrected chi connectivity index (χ1v) is 19.0. The van der Waals surface area contributed by atoms with Gasteiger partial charge in [0.25, 0.3) is 0 Å². The Kier molecular flexibility index (Phi) is 7.85. The number of aromatic nitrogens is 2. The third kappa shape index (κ3) is 5.75. The van der Waals surface area contributed by atoms with Crippen molar-refractivity contribution in [2.24, 2.45) is 0 Å². The van der Waals surface area contributed by atoms with Gasteiger partial charge in [0.05, 0.1) is 11.4 Å². The Bertz CT molecular complexity index is 2870. The van der Waals surface area contributed by atoms with Gasteiger partial charge in [-0.25, -0.2) is 9.97 Å². The van der Waals surface area contributed by atoms with Crippen molar-refractivity contribution in [3.8, 4) is 78.4 Å². The third-order valence-corrected chi connectivity index (χ3v) is 11.3. The van der Waals surface area contributed by atoms with Gasteiger partial charge in [-0.1, -0.05) is 190 Å². The van der Waals surface area contributed by atoms with Crippen LogP contribution in [0.5, 0.6) is 0 Å². The molecular weight excluding hydrogens is 665 g/mol. The highest BCUT2D eigenvalue weighted by atomic mass is 14.9. The normalized spacial score (nSPS) is 12.7. The Balaban J connectivity index is 1.06. The molecule has 8 aromatic carbocycles. The lowest BCUT2D eigenvalue weighted by Crippen LogP contribution is -2.14. The number of hydrogen-bond acceptors (Lipinski definition) is 2. The second-order valence-electron chi connectivity index (χ2n) is 15.0. The van der Waals surface area contributed by atoms with Crippen LogP contribution in [0.2, 0.25) is 0 Å². The van der Waals surface area contributed by atoms with Gasteiger partial charge in [-0.2, -0.15) is 0 Å². The average Bonchev–Trinajstić information content (AvgIpc) is 3.49. The fourth-order valence-corrected chi connectivity index (χ4v) is 8.44. The second-order valence-corrected chi connectivity index (χ2v) is 15.0. The predicted octanol–water partition coefficient (Wildman–Crippen LogP) is 13.9. The topological polar surface area (TPSA) is 25.8 Å². The van der Waals surface area contributed by atoms with Gasteiger partial charge in [0.1, 0.15) is 0 Å². The van der Waals surface area contributed by atoms with Crippen molar-refractivity contribution in [1.82, 2.24) is 9.97 Å². The van der Waals surface area contributed by atoms with Crippen LogP contribution in [0.1, 0.15) is 25.0 Å². The Labute approximate surface area is 322 Å². The molecule has 0 unspecified atom stereocenters. The highest BCUT2D eigenvalue weighted by molar-refractivity contribution is 6.05. The third-order valence-electron chi connectivity index (χ3n) is 11.3. The van der Waals surface area contributed by atoms with Crippen molar-refractivity contribution >= 4 is 10.8 Å². The zero-order valence-corrected chi connectivity index (χ0v) is 30.9. The van der Waals surface area contributed by atoms with Gasteiger partial charge in [-0.3, -0.25) is 0 Å². The summed E-state index contributed by atoms with van der Waals surface area (Å²) in [6.07, 6.45) is 0. The second kappa shape index (κ2) is 13.2. The molecule has 0 atom stereocenters. The van der Waals surface area contributed by atoms with Crippen LogP contribution < -0.4 is 0 Å². The predicted molar refractivity (Wildman–Crippen MR) is 230 cm³/mol. The van der Waals surface area contributed by atoms with Crippen LogP contribution in [0.25, 0.3) is 89.2 Å². The van der Waals surface area contributed by atoms with E-state index in [1.54, 1.807) is 0 Å². The number of fused-ring (bicyclic) bond motifs is 4. The zero-order chi connectivity index (χ0) is 36.9. The van der Waals surface area contributed by atoms with Gasteiger partial charge >= 0.3 is 0 Å². The molecule has 55 heavy (non-hydrogen) atoms. The molecule has 2 nitrogen and oxygen atoms in total. The zero-order valence-electron chi connectivity index (χ0n) is 30.9. The summed E-state index contributed by atoms with van der Waals surface area (Å²) in [5.41, 5.74) is 17.5. The molecule has 1 aromatic heterocycles. The fraction of sp³-hybridized carbons (Fsp3) is 0.0566. The smallest absolute Gasteiger partial charge is 0.160 e. The highest BCUT2D eigenvalue weighted by Gasteiger charge is 2.35. The van der Waals surface area contributed by atoms with E-state index in [1.165, 1.54) is 66.4 Å². The van der Waals surface area contributed by atoms with E-state index in [-0.39, 0.29) is 5.41 Å². The lowest BCUT2D eigenvalue weighted by atomic mass is 9.81. The molecule has 0 saturated carbocycles. The van der Waals surface area contributed by atoms with E-state index >= 15 is 0 Å². The van der Waals surface area contributed by atoms with E-state index in [2.05, 4.69) is 190 Å². The Morgan fingerprint density at radius 3 is 1.56 bits per heavy atom. The number of nitrogens with zero attached hydrogens (tertiary/aromatic N) is 2. The first kappa shape index (κ1) is 32.7.